The van der Waals surface area contributed by atoms with Gasteiger partial charge in [0.15, 0.2) is 0 Å². The maximum Gasteiger partial charge on any atom is 0.345 e. The van der Waals surface area contributed by atoms with E-state index in [9.17, 15) is 13.5 Å². The molecule has 0 aliphatic heterocycles. The Morgan fingerprint density at radius 2 is 1.76 bits per heavy atom. The SMILES string of the molecule is CN(C)C1CC(N(c2cnn(C)c2)S(=O)(=O)/N=C(\[O-])Nc2c3c(cc4c2CCC4)CCC3)C1. The first kappa shape index (κ1) is 22.2. The Morgan fingerprint density at radius 3 is 2.30 bits per heavy atom. The zero-order valence-electron chi connectivity index (χ0n) is 19.4. The zero-order chi connectivity index (χ0) is 23.3. The number of amidine groups is 1. The van der Waals surface area contributed by atoms with Crippen LogP contribution in [0.5, 0.6) is 0 Å². The summed E-state index contributed by atoms with van der Waals surface area (Å²) in [5.74, 6) is 0. The van der Waals surface area contributed by atoms with Gasteiger partial charge in [-0.15, -0.1) is 4.40 Å². The Labute approximate surface area is 195 Å². The number of nitrogens with zero attached hydrogens (tertiary/aromatic N) is 5. The molecule has 1 N–H and O–H groups in total. The van der Waals surface area contributed by atoms with Crippen LogP contribution in [0.15, 0.2) is 22.9 Å². The molecule has 0 amide bonds. The number of benzene rings is 1. The molecule has 10 heteroatoms. The van der Waals surface area contributed by atoms with Crippen molar-refractivity contribution in [2.45, 2.75) is 63.5 Å². The van der Waals surface area contributed by atoms with Gasteiger partial charge < -0.3 is 15.3 Å². The molecular formula is C23H31N6O3S-. The number of hydrogen-bond acceptors (Lipinski definition) is 5. The molecule has 0 radical (unpaired) electrons. The molecule has 1 fully saturated rings. The highest BCUT2D eigenvalue weighted by molar-refractivity contribution is 7.91. The lowest BCUT2D eigenvalue weighted by Gasteiger charge is -2.44. The fourth-order valence-corrected chi connectivity index (χ4v) is 6.73. The third-order valence-electron chi connectivity index (χ3n) is 7.25. The minimum absolute atomic E-state index is 0.256. The average molecular weight is 472 g/mol. The molecule has 9 nitrogen and oxygen atoms in total. The van der Waals surface area contributed by atoms with E-state index in [4.69, 9.17) is 0 Å². The minimum Gasteiger partial charge on any atom is -0.845 e. The van der Waals surface area contributed by atoms with E-state index in [1.165, 1.54) is 21.6 Å². The predicted molar refractivity (Wildman–Crippen MR) is 127 cm³/mol. The summed E-state index contributed by atoms with van der Waals surface area (Å²) in [5.41, 5.74) is 6.07. The van der Waals surface area contributed by atoms with Crippen LogP contribution in [0.3, 0.4) is 0 Å². The quantitative estimate of drug-likeness (QED) is 0.504. The van der Waals surface area contributed by atoms with Crippen molar-refractivity contribution in [3.63, 3.8) is 0 Å². The number of aryl methyl sites for hydroxylation is 3. The van der Waals surface area contributed by atoms with Crippen molar-refractivity contribution in [1.29, 1.82) is 0 Å². The largest absolute Gasteiger partial charge is 0.845 e. The standard InChI is InChI=1S/C23H32N6O3S/c1-27(2)17-11-18(12-17)29(19-13-24-28(3)14-19)33(31,32)26-23(30)25-22-20-8-4-6-15(20)10-16-7-5-9-21(16)22/h10,13-14,17-18H,4-9,11-12H2,1-3H3,(H2,25,26,30)/p-1. The minimum atomic E-state index is -4.24. The summed E-state index contributed by atoms with van der Waals surface area (Å²) in [7, 11) is 1.46. The van der Waals surface area contributed by atoms with Crippen LogP contribution in [0.25, 0.3) is 0 Å². The van der Waals surface area contributed by atoms with Crippen molar-refractivity contribution >= 4 is 27.6 Å². The molecule has 33 heavy (non-hydrogen) atoms. The monoisotopic (exact) mass is 471 g/mol. The number of anilines is 2. The number of hydrogen-bond donors (Lipinski definition) is 1. The first-order valence-corrected chi connectivity index (χ1v) is 13.0. The molecule has 1 saturated carbocycles. The van der Waals surface area contributed by atoms with Crippen LogP contribution >= 0.6 is 0 Å². The van der Waals surface area contributed by atoms with Gasteiger partial charge in [-0.2, -0.15) is 13.5 Å². The third kappa shape index (κ3) is 4.10. The third-order valence-corrected chi connectivity index (χ3v) is 8.65. The van der Waals surface area contributed by atoms with Crippen molar-refractivity contribution in [3.05, 3.63) is 40.7 Å². The van der Waals surface area contributed by atoms with E-state index >= 15 is 0 Å². The van der Waals surface area contributed by atoms with Crippen molar-refractivity contribution in [2.75, 3.05) is 23.7 Å². The maximum absolute atomic E-state index is 13.4. The van der Waals surface area contributed by atoms with Gasteiger partial charge in [0.2, 0.25) is 0 Å². The van der Waals surface area contributed by atoms with Gasteiger partial charge in [-0.1, -0.05) is 6.07 Å². The zero-order valence-corrected chi connectivity index (χ0v) is 20.2. The molecule has 2 aromatic rings. The number of nitrogens with one attached hydrogen (secondary N) is 1. The van der Waals surface area contributed by atoms with Crippen LogP contribution in [-0.4, -0.2) is 55.3 Å². The lowest BCUT2D eigenvalue weighted by Crippen LogP contribution is -2.54. The molecule has 1 heterocycles. The molecule has 0 atom stereocenters. The Hall–Kier alpha value is -2.59. The van der Waals surface area contributed by atoms with Gasteiger partial charge in [0, 0.05) is 31.0 Å². The normalized spacial score (nSPS) is 22.2. The first-order valence-electron chi connectivity index (χ1n) is 11.6. The molecule has 178 valence electrons. The predicted octanol–water partition coefficient (Wildman–Crippen LogP) is 1.37. The Bertz CT molecular complexity index is 1160. The molecule has 0 bridgehead atoms. The average Bonchev–Trinajstić information content (AvgIpc) is 3.43. The van der Waals surface area contributed by atoms with Gasteiger partial charge in [0.05, 0.1) is 17.9 Å². The number of rotatable bonds is 6. The van der Waals surface area contributed by atoms with Crippen LogP contribution in [0.1, 0.15) is 47.9 Å². The highest BCUT2D eigenvalue weighted by Crippen LogP contribution is 2.39. The van der Waals surface area contributed by atoms with Gasteiger partial charge in [-0.25, -0.2) is 4.31 Å². The van der Waals surface area contributed by atoms with E-state index < -0.39 is 16.2 Å². The molecule has 3 aliphatic rings. The molecule has 1 aromatic heterocycles. The number of fused-ring (bicyclic) bond motifs is 2. The highest BCUT2D eigenvalue weighted by Gasteiger charge is 2.41. The van der Waals surface area contributed by atoms with E-state index in [1.807, 2.05) is 14.1 Å². The lowest BCUT2D eigenvalue weighted by molar-refractivity contribution is -0.213. The first-order chi connectivity index (χ1) is 15.7. The summed E-state index contributed by atoms with van der Waals surface area (Å²) in [6, 6.07) is 1.48. The van der Waals surface area contributed by atoms with E-state index in [1.54, 1.807) is 17.9 Å². The lowest BCUT2D eigenvalue weighted by atomic mass is 9.86. The molecule has 0 spiro atoms. The fraction of sp³-hybridized carbons (Fsp3) is 0.565. The van der Waals surface area contributed by atoms with Crippen LogP contribution in [0.4, 0.5) is 11.4 Å². The molecule has 0 saturated heterocycles. The highest BCUT2D eigenvalue weighted by atomic mass is 32.2. The second-order valence-corrected chi connectivity index (χ2v) is 11.1. The molecular weight excluding hydrogens is 440 g/mol. The Balaban J connectivity index is 1.45. The van der Waals surface area contributed by atoms with Gasteiger partial charge in [0.25, 0.3) is 0 Å². The van der Waals surface area contributed by atoms with Crippen LogP contribution < -0.4 is 14.7 Å². The Morgan fingerprint density at radius 1 is 1.12 bits per heavy atom. The van der Waals surface area contributed by atoms with E-state index in [0.29, 0.717) is 24.6 Å². The van der Waals surface area contributed by atoms with Crippen LogP contribution in [-0.2, 0) is 42.9 Å². The van der Waals surface area contributed by atoms with Crippen LogP contribution in [0.2, 0.25) is 0 Å². The van der Waals surface area contributed by atoms with Gasteiger partial charge in [-0.3, -0.25) is 4.68 Å². The van der Waals surface area contributed by atoms with Gasteiger partial charge in [-0.05, 0) is 87.7 Å². The van der Waals surface area contributed by atoms with Crippen molar-refractivity contribution in [1.82, 2.24) is 14.7 Å². The van der Waals surface area contributed by atoms with E-state index in [-0.39, 0.29) is 6.04 Å². The summed E-state index contributed by atoms with van der Waals surface area (Å²) in [6.07, 6.45) is 10.4. The van der Waals surface area contributed by atoms with Crippen molar-refractivity contribution in [3.8, 4) is 0 Å². The maximum atomic E-state index is 13.4. The summed E-state index contributed by atoms with van der Waals surface area (Å²) < 4.78 is 33.3. The second kappa shape index (κ2) is 8.32. The van der Waals surface area contributed by atoms with E-state index in [2.05, 4.69) is 25.8 Å². The van der Waals surface area contributed by atoms with Gasteiger partial charge >= 0.3 is 10.2 Å². The van der Waals surface area contributed by atoms with Crippen molar-refractivity contribution < 1.29 is 13.5 Å². The molecule has 5 rings (SSSR count). The van der Waals surface area contributed by atoms with E-state index in [0.717, 1.165) is 55.3 Å². The summed E-state index contributed by atoms with van der Waals surface area (Å²) in [6.45, 7) is 0. The Kier molecular flexibility index (Phi) is 5.60. The smallest absolute Gasteiger partial charge is 0.345 e. The second-order valence-electron chi connectivity index (χ2n) is 9.64. The molecule has 3 aliphatic carbocycles. The van der Waals surface area contributed by atoms with Gasteiger partial charge in [0.1, 0.15) is 0 Å². The summed E-state index contributed by atoms with van der Waals surface area (Å²) in [4.78, 5) is 2.09. The summed E-state index contributed by atoms with van der Waals surface area (Å²) >= 11 is 0. The van der Waals surface area contributed by atoms with Crippen molar-refractivity contribution in [2.24, 2.45) is 11.4 Å². The topological polar surface area (TPSA) is 106 Å². The molecule has 1 aromatic carbocycles. The number of aromatic nitrogens is 2. The van der Waals surface area contributed by atoms with Crippen LogP contribution in [0, 0.1) is 0 Å². The summed E-state index contributed by atoms with van der Waals surface area (Å²) in [5, 5.41) is 20.0. The molecule has 0 unspecified atom stereocenters. The fourth-order valence-electron chi connectivity index (χ4n) is 5.47.